The lowest BCUT2D eigenvalue weighted by molar-refractivity contribution is -0.897. The molecule has 0 saturated carbocycles. The molecule has 1 aromatic heterocycles. The molecule has 1 saturated heterocycles. The van der Waals surface area contributed by atoms with Gasteiger partial charge in [0.05, 0.1) is 25.9 Å². The number of primary amides is 1. The number of piperidine rings is 1. The third kappa shape index (κ3) is 4.30. The van der Waals surface area contributed by atoms with Crippen molar-refractivity contribution in [2.24, 2.45) is 11.7 Å². The first-order valence-corrected chi connectivity index (χ1v) is 9.50. The Hall–Kier alpha value is -2.39. The summed E-state index contributed by atoms with van der Waals surface area (Å²) in [6.45, 7) is 1.68. The van der Waals surface area contributed by atoms with E-state index in [0.29, 0.717) is 31.6 Å². The Bertz CT molecular complexity index is 887. The van der Waals surface area contributed by atoms with E-state index < -0.39 is 5.97 Å². The van der Waals surface area contributed by atoms with Gasteiger partial charge >= 0.3 is 5.97 Å². The molecule has 0 unspecified atom stereocenters. The van der Waals surface area contributed by atoms with E-state index in [-0.39, 0.29) is 30.0 Å². The zero-order valence-corrected chi connectivity index (χ0v) is 16.5. The van der Waals surface area contributed by atoms with E-state index in [9.17, 15) is 14.4 Å². The summed E-state index contributed by atoms with van der Waals surface area (Å²) in [5.74, 6) is -1.12. The molecule has 27 heavy (non-hydrogen) atoms. The summed E-state index contributed by atoms with van der Waals surface area (Å²) in [5.41, 5.74) is 6.70. The number of H-pyrrole nitrogens is 1. The number of carbonyl (C=O) groups is 3. The van der Waals surface area contributed by atoms with Crippen LogP contribution in [0.1, 0.15) is 23.3 Å². The molecule has 0 spiro atoms. The van der Waals surface area contributed by atoms with E-state index in [0.717, 1.165) is 20.3 Å². The summed E-state index contributed by atoms with van der Waals surface area (Å²) in [7, 11) is 1.29. The van der Waals surface area contributed by atoms with E-state index in [1.54, 1.807) is 0 Å². The van der Waals surface area contributed by atoms with E-state index in [1.165, 1.54) is 7.11 Å². The first kappa shape index (κ1) is 19.4. The molecule has 144 valence electrons. The molecule has 0 bridgehead atoms. The molecule has 0 radical (unpaired) electrons. The summed E-state index contributed by atoms with van der Waals surface area (Å²) >= 11 is 3.41. The average Bonchev–Trinajstić information content (AvgIpc) is 2.99. The van der Waals surface area contributed by atoms with Crippen LogP contribution in [-0.2, 0) is 14.3 Å². The van der Waals surface area contributed by atoms with Gasteiger partial charge in [0.25, 0.3) is 5.91 Å². The molecule has 9 heteroatoms. The Morgan fingerprint density at radius 3 is 2.67 bits per heavy atom. The number of hydrogen-bond acceptors (Lipinski definition) is 4. The van der Waals surface area contributed by atoms with Crippen LogP contribution in [0.25, 0.3) is 10.9 Å². The van der Waals surface area contributed by atoms with Crippen LogP contribution in [0.2, 0.25) is 0 Å². The van der Waals surface area contributed by atoms with Crippen molar-refractivity contribution in [3.63, 3.8) is 0 Å². The van der Waals surface area contributed by atoms with Gasteiger partial charge in [-0.25, -0.2) is 4.79 Å². The van der Waals surface area contributed by atoms with Gasteiger partial charge in [-0.05, 0) is 18.2 Å². The number of rotatable bonds is 5. The summed E-state index contributed by atoms with van der Waals surface area (Å²) in [5, 5.41) is 3.58. The van der Waals surface area contributed by atoms with Crippen molar-refractivity contribution in [1.82, 2.24) is 4.98 Å². The number of halogens is 1. The molecule has 2 aromatic rings. The summed E-state index contributed by atoms with van der Waals surface area (Å²) in [6, 6.07) is 5.50. The third-order valence-corrected chi connectivity index (χ3v) is 5.41. The number of ether oxygens (including phenoxy) is 1. The smallest absolute Gasteiger partial charge is 0.356 e. The Morgan fingerprint density at radius 2 is 2.04 bits per heavy atom. The fraction of sp³-hybridized carbons (Fsp3) is 0.389. The minimum atomic E-state index is -0.549. The molecule has 2 heterocycles. The van der Waals surface area contributed by atoms with E-state index in [1.807, 2.05) is 18.2 Å². The van der Waals surface area contributed by atoms with Crippen LogP contribution in [0.5, 0.6) is 0 Å². The van der Waals surface area contributed by atoms with Crippen molar-refractivity contribution in [3.05, 3.63) is 28.4 Å². The number of quaternary nitrogens is 1. The van der Waals surface area contributed by atoms with Crippen molar-refractivity contribution in [2.45, 2.75) is 12.8 Å². The number of aromatic nitrogens is 1. The van der Waals surface area contributed by atoms with E-state index in [4.69, 9.17) is 10.5 Å². The molecule has 8 nitrogen and oxygen atoms in total. The van der Waals surface area contributed by atoms with Gasteiger partial charge in [0.1, 0.15) is 5.69 Å². The lowest BCUT2D eigenvalue weighted by Crippen LogP contribution is -3.14. The molecule has 1 aliphatic heterocycles. The van der Waals surface area contributed by atoms with Crippen LogP contribution >= 0.6 is 15.9 Å². The van der Waals surface area contributed by atoms with Crippen LogP contribution in [0.15, 0.2) is 22.7 Å². The summed E-state index contributed by atoms with van der Waals surface area (Å²) in [4.78, 5) is 40.0. The highest BCUT2D eigenvalue weighted by molar-refractivity contribution is 9.10. The number of anilines is 1. The van der Waals surface area contributed by atoms with Crippen molar-refractivity contribution in [2.75, 3.05) is 32.1 Å². The van der Waals surface area contributed by atoms with Crippen LogP contribution in [0.3, 0.4) is 0 Å². The number of nitrogens with one attached hydrogen (secondary N) is 3. The van der Waals surface area contributed by atoms with Gasteiger partial charge in [-0.15, -0.1) is 0 Å². The highest BCUT2D eigenvalue weighted by atomic mass is 79.9. The molecule has 2 amide bonds. The summed E-state index contributed by atoms with van der Waals surface area (Å²) < 4.78 is 5.65. The molecular weight excluding hydrogens is 416 g/mol. The number of nitrogens with two attached hydrogens (primary N) is 1. The van der Waals surface area contributed by atoms with Crippen molar-refractivity contribution >= 4 is 50.3 Å². The first-order valence-electron chi connectivity index (χ1n) is 8.71. The fourth-order valence-electron chi connectivity index (χ4n) is 3.45. The Labute approximate surface area is 164 Å². The predicted molar refractivity (Wildman–Crippen MR) is 103 cm³/mol. The first-order chi connectivity index (χ1) is 12.9. The monoisotopic (exact) mass is 437 g/mol. The molecule has 3 rings (SSSR count). The number of amides is 2. The zero-order valence-electron chi connectivity index (χ0n) is 14.9. The molecule has 1 aliphatic rings. The molecule has 0 aliphatic carbocycles. The minimum Gasteiger partial charge on any atom is -0.464 e. The number of benzene rings is 1. The number of aromatic amines is 1. The van der Waals surface area contributed by atoms with Gasteiger partial charge in [0.15, 0.2) is 6.54 Å². The largest absolute Gasteiger partial charge is 0.464 e. The highest BCUT2D eigenvalue weighted by Gasteiger charge is 2.28. The van der Waals surface area contributed by atoms with Gasteiger partial charge < -0.3 is 25.7 Å². The van der Waals surface area contributed by atoms with E-state index in [2.05, 4.69) is 26.2 Å². The van der Waals surface area contributed by atoms with Gasteiger partial charge in [0.2, 0.25) is 5.91 Å². The van der Waals surface area contributed by atoms with Crippen LogP contribution < -0.4 is 16.0 Å². The van der Waals surface area contributed by atoms with Crippen molar-refractivity contribution in [3.8, 4) is 0 Å². The van der Waals surface area contributed by atoms with E-state index >= 15 is 0 Å². The second kappa shape index (κ2) is 8.10. The van der Waals surface area contributed by atoms with Crippen molar-refractivity contribution in [1.29, 1.82) is 0 Å². The number of methoxy groups -OCH3 is 1. The number of likely N-dealkylation sites (tertiary alicyclic amines) is 1. The normalized spacial score (nSPS) is 19.6. The number of esters is 1. The highest BCUT2D eigenvalue weighted by Crippen LogP contribution is 2.30. The Morgan fingerprint density at radius 1 is 1.33 bits per heavy atom. The molecule has 1 aromatic carbocycles. The van der Waals surface area contributed by atoms with Crippen molar-refractivity contribution < 1.29 is 24.0 Å². The van der Waals surface area contributed by atoms with Crippen LogP contribution in [0, 0.1) is 5.92 Å². The van der Waals surface area contributed by atoms with Crippen LogP contribution in [0.4, 0.5) is 5.69 Å². The summed E-state index contributed by atoms with van der Waals surface area (Å²) in [6.07, 6.45) is 1.37. The SMILES string of the molecule is COC(=O)c1[nH]c2ccc(Br)cc2c1NC(=O)C[NH+]1CCC(C(N)=O)CC1. The lowest BCUT2D eigenvalue weighted by atomic mass is 9.96. The minimum absolute atomic E-state index is 0.103. The Kier molecular flexibility index (Phi) is 5.81. The maximum absolute atomic E-state index is 12.6. The number of fused-ring (bicyclic) bond motifs is 1. The third-order valence-electron chi connectivity index (χ3n) is 4.92. The molecular formula is C18H22BrN4O4+. The van der Waals surface area contributed by atoms with Gasteiger partial charge in [-0.3, -0.25) is 9.59 Å². The number of hydrogen-bond donors (Lipinski definition) is 4. The van der Waals surface area contributed by atoms with Gasteiger partial charge in [0, 0.05) is 34.1 Å². The maximum atomic E-state index is 12.6. The quantitative estimate of drug-likeness (QED) is 0.507. The second-order valence-electron chi connectivity index (χ2n) is 6.71. The Balaban J connectivity index is 1.75. The van der Waals surface area contributed by atoms with Gasteiger partial charge in [-0.1, -0.05) is 15.9 Å². The predicted octanol–water partition coefficient (Wildman–Crippen LogP) is 0.436. The van der Waals surface area contributed by atoms with Crippen LogP contribution in [-0.4, -0.2) is 49.5 Å². The molecule has 0 atom stereocenters. The topological polar surface area (TPSA) is 119 Å². The standard InChI is InChI=1S/C18H21BrN4O4/c1-27-18(26)16-15(12-8-11(19)2-3-13(12)21-16)22-14(24)9-23-6-4-10(5-7-23)17(20)25/h2-3,8,10,21H,4-7,9H2,1H3,(H2,20,25)(H,22,24)/p+1. The zero-order chi connectivity index (χ0) is 19.6. The lowest BCUT2D eigenvalue weighted by Gasteiger charge is -2.27. The molecule has 5 N–H and O–H groups in total. The second-order valence-corrected chi connectivity index (χ2v) is 7.62. The molecule has 1 fully saturated rings. The van der Waals surface area contributed by atoms with Gasteiger partial charge in [-0.2, -0.15) is 0 Å². The number of carbonyl (C=O) groups excluding carboxylic acids is 3. The maximum Gasteiger partial charge on any atom is 0.356 e. The average molecular weight is 438 g/mol. The fourth-order valence-corrected chi connectivity index (χ4v) is 3.81.